The Morgan fingerprint density at radius 1 is 1.17 bits per heavy atom. The molecule has 0 fully saturated rings. The van der Waals surface area contributed by atoms with Crippen molar-refractivity contribution in [1.29, 1.82) is 0 Å². The molecule has 7 heteroatoms. The number of carbonyl (C=O) groups is 1. The smallest absolute Gasteiger partial charge is 0.244 e. The van der Waals surface area contributed by atoms with Crippen LogP contribution in [0.15, 0.2) is 48.5 Å². The molecule has 3 rings (SSSR count). The van der Waals surface area contributed by atoms with Crippen LogP contribution in [-0.2, 0) is 9.53 Å². The zero-order valence-electron chi connectivity index (χ0n) is 16.7. The van der Waals surface area contributed by atoms with Gasteiger partial charge in [0.15, 0.2) is 11.5 Å². The number of para-hydroxylation sites is 1. The van der Waals surface area contributed by atoms with E-state index in [0.717, 1.165) is 20.8 Å². The quantitative estimate of drug-likeness (QED) is 0.421. The maximum absolute atomic E-state index is 12.3. The molecule has 6 nitrogen and oxygen atoms in total. The zero-order chi connectivity index (χ0) is 20.6. The molecular formula is C22H24N2O4S. The second-order valence-corrected chi connectivity index (χ2v) is 7.40. The van der Waals surface area contributed by atoms with E-state index in [0.29, 0.717) is 24.7 Å². The van der Waals surface area contributed by atoms with E-state index in [9.17, 15) is 4.79 Å². The molecule has 1 N–H and O–H groups in total. The minimum Gasteiger partial charge on any atom is -0.493 e. The van der Waals surface area contributed by atoms with E-state index >= 15 is 0 Å². The first-order valence-electron chi connectivity index (χ1n) is 9.24. The predicted octanol–water partition coefficient (Wildman–Crippen LogP) is 4.22. The minimum absolute atomic E-state index is 0.184. The number of nitrogens with one attached hydrogen (secondary N) is 1. The Morgan fingerprint density at radius 3 is 2.76 bits per heavy atom. The summed E-state index contributed by atoms with van der Waals surface area (Å²) < 4.78 is 17.1. The summed E-state index contributed by atoms with van der Waals surface area (Å²) >= 11 is 1.55. The molecule has 1 atom stereocenters. The Morgan fingerprint density at radius 2 is 2.00 bits per heavy atom. The van der Waals surface area contributed by atoms with E-state index in [1.165, 1.54) is 6.08 Å². The number of hydrogen-bond donors (Lipinski definition) is 1. The first-order chi connectivity index (χ1) is 14.1. The number of methoxy groups -OCH3 is 2. The number of thiazole rings is 1. The third kappa shape index (κ3) is 5.56. The first kappa shape index (κ1) is 20.8. The van der Waals surface area contributed by atoms with Gasteiger partial charge in [0.1, 0.15) is 11.6 Å². The van der Waals surface area contributed by atoms with Gasteiger partial charge < -0.3 is 19.5 Å². The van der Waals surface area contributed by atoms with E-state index < -0.39 is 0 Å². The van der Waals surface area contributed by atoms with Gasteiger partial charge in [-0.3, -0.25) is 4.79 Å². The van der Waals surface area contributed by atoms with Crippen molar-refractivity contribution in [3.63, 3.8) is 0 Å². The summed E-state index contributed by atoms with van der Waals surface area (Å²) in [6, 6.07) is 13.3. The van der Waals surface area contributed by atoms with Crippen LogP contribution < -0.4 is 14.8 Å². The lowest BCUT2D eigenvalue weighted by Gasteiger charge is -2.16. The molecule has 0 bridgehead atoms. The number of fused-ring (bicyclic) bond motifs is 1. The Bertz CT molecular complexity index is 966. The largest absolute Gasteiger partial charge is 0.493 e. The minimum atomic E-state index is -0.190. The molecule has 152 valence electrons. The standard InChI is InChI=1S/C22H24N2O4S/c1-15(16-8-9-18(19(14-16)27-3)28-13-12-26-2)23-21(25)10-11-22-24-17-6-4-5-7-20(17)29-22/h4-11,14-15H,12-13H2,1-3H3,(H,23,25)/b11-10+. The fourth-order valence-electron chi connectivity index (χ4n) is 2.76. The molecule has 0 saturated carbocycles. The summed E-state index contributed by atoms with van der Waals surface area (Å²) in [6.07, 6.45) is 3.24. The van der Waals surface area contributed by atoms with Gasteiger partial charge in [-0.05, 0) is 42.8 Å². The maximum Gasteiger partial charge on any atom is 0.244 e. The Balaban J connectivity index is 1.62. The van der Waals surface area contributed by atoms with Crippen molar-refractivity contribution in [2.45, 2.75) is 13.0 Å². The van der Waals surface area contributed by atoms with Crippen LogP contribution in [0.25, 0.3) is 16.3 Å². The topological polar surface area (TPSA) is 69.7 Å². The molecule has 3 aromatic rings. The van der Waals surface area contributed by atoms with E-state index in [-0.39, 0.29) is 11.9 Å². The third-order valence-corrected chi connectivity index (χ3v) is 5.28. The number of hydrogen-bond acceptors (Lipinski definition) is 6. The average molecular weight is 413 g/mol. The summed E-state index contributed by atoms with van der Waals surface area (Å²) in [4.78, 5) is 16.8. The monoisotopic (exact) mass is 412 g/mol. The molecule has 0 aliphatic rings. The van der Waals surface area contributed by atoms with Crippen molar-refractivity contribution in [3.8, 4) is 11.5 Å². The highest BCUT2D eigenvalue weighted by molar-refractivity contribution is 7.19. The van der Waals surface area contributed by atoms with Gasteiger partial charge in [0.2, 0.25) is 5.91 Å². The predicted molar refractivity (Wildman–Crippen MR) is 116 cm³/mol. The van der Waals surface area contributed by atoms with Crippen molar-refractivity contribution >= 4 is 33.5 Å². The van der Waals surface area contributed by atoms with Gasteiger partial charge in [0.25, 0.3) is 0 Å². The number of ether oxygens (including phenoxy) is 3. The van der Waals surface area contributed by atoms with Crippen LogP contribution in [0.5, 0.6) is 11.5 Å². The van der Waals surface area contributed by atoms with E-state index in [1.807, 2.05) is 49.4 Å². The molecule has 1 aromatic heterocycles. The molecule has 1 heterocycles. The normalized spacial score (nSPS) is 12.2. The third-order valence-electron chi connectivity index (χ3n) is 4.28. The second kappa shape index (κ2) is 10.0. The molecular weight excluding hydrogens is 388 g/mol. The van der Waals surface area contributed by atoms with Crippen LogP contribution in [0.4, 0.5) is 0 Å². The summed E-state index contributed by atoms with van der Waals surface area (Å²) in [7, 11) is 3.21. The number of rotatable bonds is 9. The highest BCUT2D eigenvalue weighted by Crippen LogP contribution is 2.30. The first-order valence-corrected chi connectivity index (χ1v) is 10.1. The zero-order valence-corrected chi connectivity index (χ0v) is 17.5. The van der Waals surface area contributed by atoms with Gasteiger partial charge in [-0.2, -0.15) is 0 Å². The summed E-state index contributed by atoms with van der Waals surface area (Å²) in [6.45, 7) is 2.86. The van der Waals surface area contributed by atoms with Crippen LogP contribution >= 0.6 is 11.3 Å². The van der Waals surface area contributed by atoms with Crippen LogP contribution in [0.1, 0.15) is 23.5 Å². The molecule has 0 radical (unpaired) electrons. The molecule has 1 unspecified atom stereocenters. The van der Waals surface area contributed by atoms with Crippen molar-refractivity contribution < 1.29 is 19.0 Å². The summed E-state index contributed by atoms with van der Waals surface area (Å²) in [5.41, 5.74) is 1.86. The second-order valence-electron chi connectivity index (χ2n) is 6.33. The van der Waals surface area contributed by atoms with Crippen LogP contribution in [0, 0.1) is 0 Å². The van der Waals surface area contributed by atoms with Gasteiger partial charge in [0.05, 0.1) is 30.0 Å². The van der Waals surface area contributed by atoms with Crippen molar-refractivity contribution in [2.24, 2.45) is 0 Å². The Hall–Kier alpha value is -2.90. The lowest BCUT2D eigenvalue weighted by Crippen LogP contribution is -2.24. The number of amides is 1. The number of benzene rings is 2. The summed E-state index contributed by atoms with van der Waals surface area (Å²) in [5, 5.41) is 3.76. The van der Waals surface area contributed by atoms with Gasteiger partial charge >= 0.3 is 0 Å². The van der Waals surface area contributed by atoms with Crippen molar-refractivity contribution in [2.75, 3.05) is 27.4 Å². The van der Waals surface area contributed by atoms with Crippen molar-refractivity contribution in [1.82, 2.24) is 10.3 Å². The highest BCUT2D eigenvalue weighted by Gasteiger charge is 2.12. The average Bonchev–Trinajstić information content (AvgIpc) is 3.15. The molecule has 2 aromatic carbocycles. The van der Waals surface area contributed by atoms with E-state index in [2.05, 4.69) is 10.3 Å². The molecule has 29 heavy (non-hydrogen) atoms. The number of aromatic nitrogens is 1. The van der Waals surface area contributed by atoms with Crippen LogP contribution in [0.2, 0.25) is 0 Å². The molecule has 0 aliphatic carbocycles. The molecule has 0 spiro atoms. The maximum atomic E-state index is 12.3. The SMILES string of the molecule is COCCOc1ccc(C(C)NC(=O)/C=C/c2nc3ccccc3s2)cc1OC. The van der Waals surface area contributed by atoms with E-state index in [4.69, 9.17) is 14.2 Å². The van der Waals surface area contributed by atoms with Gasteiger partial charge in [0, 0.05) is 13.2 Å². The van der Waals surface area contributed by atoms with E-state index in [1.54, 1.807) is 31.6 Å². The number of nitrogens with zero attached hydrogens (tertiary/aromatic N) is 1. The lowest BCUT2D eigenvalue weighted by molar-refractivity contribution is -0.117. The fraction of sp³-hybridized carbons (Fsp3) is 0.273. The Labute approximate surface area is 174 Å². The van der Waals surface area contributed by atoms with Crippen LogP contribution in [0.3, 0.4) is 0 Å². The number of carbonyl (C=O) groups excluding carboxylic acids is 1. The van der Waals surface area contributed by atoms with Gasteiger partial charge in [-0.25, -0.2) is 4.98 Å². The van der Waals surface area contributed by atoms with Gasteiger partial charge in [-0.1, -0.05) is 18.2 Å². The fourth-order valence-corrected chi connectivity index (χ4v) is 3.63. The highest BCUT2D eigenvalue weighted by atomic mass is 32.1. The van der Waals surface area contributed by atoms with Gasteiger partial charge in [-0.15, -0.1) is 11.3 Å². The Kier molecular flexibility index (Phi) is 7.21. The summed E-state index contributed by atoms with van der Waals surface area (Å²) in [5.74, 6) is 1.07. The molecule has 0 aliphatic heterocycles. The van der Waals surface area contributed by atoms with Crippen molar-refractivity contribution in [3.05, 3.63) is 59.1 Å². The lowest BCUT2D eigenvalue weighted by atomic mass is 10.1. The molecule has 1 amide bonds. The van der Waals surface area contributed by atoms with Crippen LogP contribution in [-0.4, -0.2) is 38.3 Å². The molecule has 0 saturated heterocycles.